The molecule has 8 nitrogen and oxygen atoms in total. The van der Waals surface area contributed by atoms with Crippen molar-refractivity contribution in [2.45, 2.75) is 24.3 Å². The van der Waals surface area contributed by atoms with Crippen molar-refractivity contribution in [3.63, 3.8) is 0 Å². The van der Waals surface area contributed by atoms with Crippen LogP contribution >= 0.6 is 0 Å². The Morgan fingerprint density at radius 2 is 2.00 bits per heavy atom. The monoisotopic (exact) mass is 393 g/mol. The number of aliphatic hydroxyl groups is 1. The molecule has 1 aromatic heterocycles. The molecule has 3 N–H and O–H groups in total. The van der Waals surface area contributed by atoms with Crippen LogP contribution in [0.2, 0.25) is 0 Å². The Hall–Kier alpha value is -2.39. The summed E-state index contributed by atoms with van der Waals surface area (Å²) in [6.45, 7) is 4.51. The second kappa shape index (κ2) is 9.01. The molecule has 0 amide bonds. The fourth-order valence-electron chi connectivity index (χ4n) is 2.41. The first-order chi connectivity index (χ1) is 12.7. The summed E-state index contributed by atoms with van der Waals surface area (Å²) in [7, 11) is -1.58. The summed E-state index contributed by atoms with van der Waals surface area (Å²) in [5.41, 5.74) is -0.511. The van der Waals surface area contributed by atoms with Crippen LogP contribution in [-0.4, -0.2) is 54.7 Å². The predicted octanol–water partition coefficient (Wildman–Crippen LogP) is 0.657. The number of hydrogen-bond donors (Lipinski definition) is 3. The lowest BCUT2D eigenvalue weighted by Crippen LogP contribution is -2.40. The quantitative estimate of drug-likeness (QED) is 0.449. The largest absolute Gasteiger partial charge is 0.383 e. The van der Waals surface area contributed by atoms with Gasteiger partial charge >= 0.3 is 0 Å². The maximum absolute atomic E-state index is 12.3. The zero-order valence-electron chi connectivity index (χ0n) is 15.9. The Labute approximate surface area is 160 Å². The average Bonchev–Trinajstić information content (AvgIpc) is 3.08. The Morgan fingerprint density at radius 3 is 2.59 bits per heavy atom. The van der Waals surface area contributed by atoms with E-state index in [0.717, 1.165) is 0 Å². The lowest BCUT2D eigenvalue weighted by Gasteiger charge is -2.20. The minimum Gasteiger partial charge on any atom is -0.383 e. The Balaban J connectivity index is 1.97. The van der Waals surface area contributed by atoms with Crippen molar-refractivity contribution in [3.8, 4) is 0 Å². The number of nitrogens with one attached hydrogen (secondary N) is 2. The van der Waals surface area contributed by atoms with Crippen LogP contribution in [0.4, 0.5) is 0 Å². The molecular formula is C18H27N5O3S. The molecule has 0 aliphatic heterocycles. The molecule has 9 heteroatoms. The van der Waals surface area contributed by atoms with Gasteiger partial charge < -0.3 is 15.7 Å². The van der Waals surface area contributed by atoms with Crippen molar-refractivity contribution in [2.24, 2.45) is 12.0 Å². The summed E-state index contributed by atoms with van der Waals surface area (Å²) in [5, 5.41) is 20.7. The van der Waals surface area contributed by atoms with Gasteiger partial charge in [0.25, 0.3) is 0 Å². The smallest absolute Gasteiger partial charge is 0.191 e. The van der Waals surface area contributed by atoms with E-state index in [1.54, 1.807) is 61.4 Å². The Morgan fingerprint density at radius 1 is 1.30 bits per heavy atom. The molecule has 0 aliphatic carbocycles. The highest BCUT2D eigenvalue weighted by atomic mass is 32.2. The second-order valence-electron chi connectivity index (χ2n) is 6.43. The molecule has 2 aromatic rings. The summed E-state index contributed by atoms with van der Waals surface area (Å²) in [5.74, 6) is 0.394. The maximum atomic E-state index is 12.3. The molecule has 1 aromatic carbocycles. The van der Waals surface area contributed by atoms with Crippen LogP contribution in [0.15, 0.2) is 52.6 Å². The molecule has 0 aliphatic rings. The molecule has 27 heavy (non-hydrogen) atoms. The minimum atomic E-state index is -3.36. The highest BCUT2D eigenvalue weighted by molar-refractivity contribution is 7.91. The molecule has 1 heterocycles. The van der Waals surface area contributed by atoms with E-state index in [9.17, 15) is 13.5 Å². The van der Waals surface area contributed by atoms with Gasteiger partial charge in [-0.05, 0) is 26.0 Å². The van der Waals surface area contributed by atoms with Crippen molar-refractivity contribution < 1.29 is 13.5 Å². The van der Waals surface area contributed by atoms with Gasteiger partial charge in [0.05, 0.1) is 23.4 Å². The van der Waals surface area contributed by atoms with E-state index in [4.69, 9.17) is 0 Å². The first-order valence-electron chi connectivity index (χ1n) is 8.76. The molecule has 0 fully saturated rings. The molecule has 1 unspecified atom stereocenters. The Kier molecular flexibility index (Phi) is 6.98. The second-order valence-corrected chi connectivity index (χ2v) is 8.54. The van der Waals surface area contributed by atoms with E-state index in [1.807, 2.05) is 6.92 Å². The molecule has 1 atom stereocenters. The van der Waals surface area contributed by atoms with Gasteiger partial charge in [-0.3, -0.25) is 4.68 Å². The van der Waals surface area contributed by atoms with Crippen LogP contribution < -0.4 is 10.6 Å². The standard InChI is InChI=1S/C18H27N5O3S/c1-4-19-17(21-14-18(2,24)15-12-22-23(3)13-15)20-10-11-27(25,26)16-8-6-5-7-9-16/h5-9,12-13,24H,4,10-11,14H2,1-3H3,(H2,19,20,21). The molecule has 2 rings (SSSR count). The lowest BCUT2D eigenvalue weighted by molar-refractivity contribution is 0.0672. The predicted molar refractivity (Wildman–Crippen MR) is 105 cm³/mol. The van der Waals surface area contributed by atoms with Crippen LogP contribution in [0.25, 0.3) is 0 Å². The van der Waals surface area contributed by atoms with E-state index in [-0.39, 0.29) is 18.8 Å². The SMILES string of the molecule is CCNC(=NCC(C)(O)c1cnn(C)c1)NCCS(=O)(=O)c1ccccc1. The molecule has 0 saturated heterocycles. The number of hydrogen-bond acceptors (Lipinski definition) is 5. The molecule has 0 spiro atoms. The molecule has 0 radical (unpaired) electrons. The van der Waals surface area contributed by atoms with Gasteiger partial charge in [0.1, 0.15) is 5.60 Å². The van der Waals surface area contributed by atoms with Gasteiger partial charge in [-0.25, -0.2) is 13.4 Å². The van der Waals surface area contributed by atoms with Gasteiger partial charge in [0.15, 0.2) is 15.8 Å². The number of sulfone groups is 1. The summed E-state index contributed by atoms with van der Waals surface area (Å²) in [6.07, 6.45) is 3.34. The van der Waals surface area contributed by atoms with Crippen LogP contribution in [0, 0.1) is 0 Å². The van der Waals surface area contributed by atoms with E-state index in [2.05, 4.69) is 20.7 Å². The summed E-state index contributed by atoms with van der Waals surface area (Å²) >= 11 is 0. The van der Waals surface area contributed by atoms with E-state index in [0.29, 0.717) is 23.0 Å². The number of rotatable bonds is 8. The zero-order valence-corrected chi connectivity index (χ0v) is 16.7. The molecule has 0 saturated carbocycles. The van der Waals surface area contributed by atoms with Crippen molar-refractivity contribution in [3.05, 3.63) is 48.3 Å². The van der Waals surface area contributed by atoms with Crippen LogP contribution in [0.1, 0.15) is 19.4 Å². The minimum absolute atomic E-state index is 0.0551. The highest BCUT2D eigenvalue weighted by Gasteiger charge is 2.24. The summed E-state index contributed by atoms with van der Waals surface area (Å²) in [6, 6.07) is 8.35. The van der Waals surface area contributed by atoms with Crippen LogP contribution in [0.5, 0.6) is 0 Å². The number of aryl methyl sites for hydroxylation is 1. The number of nitrogens with zero attached hydrogens (tertiary/aromatic N) is 3. The molecule has 148 valence electrons. The van der Waals surface area contributed by atoms with Crippen molar-refractivity contribution in [1.82, 2.24) is 20.4 Å². The van der Waals surface area contributed by atoms with Gasteiger partial charge in [0, 0.05) is 31.9 Å². The summed E-state index contributed by atoms with van der Waals surface area (Å²) in [4.78, 5) is 4.67. The van der Waals surface area contributed by atoms with Gasteiger partial charge in [-0.2, -0.15) is 5.10 Å². The van der Waals surface area contributed by atoms with Gasteiger partial charge in [0.2, 0.25) is 0 Å². The normalized spacial score (nSPS) is 14.6. The number of aromatic nitrogens is 2. The summed E-state index contributed by atoms with van der Waals surface area (Å²) < 4.78 is 26.3. The van der Waals surface area contributed by atoms with Gasteiger partial charge in [-0.1, -0.05) is 18.2 Å². The number of guanidine groups is 1. The van der Waals surface area contributed by atoms with Crippen molar-refractivity contribution >= 4 is 15.8 Å². The van der Waals surface area contributed by atoms with Crippen molar-refractivity contribution in [2.75, 3.05) is 25.4 Å². The first-order valence-corrected chi connectivity index (χ1v) is 10.4. The number of benzene rings is 1. The topological polar surface area (TPSA) is 109 Å². The fraction of sp³-hybridized carbons (Fsp3) is 0.444. The third-order valence-electron chi connectivity index (χ3n) is 3.98. The maximum Gasteiger partial charge on any atom is 0.191 e. The molecule has 0 bridgehead atoms. The van der Waals surface area contributed by atoms with E-state index >= 15 is 0 Å². The van der Waals surface area contributed by atoms with Crippen LogP contribution in [-0.2, 0) is 22.5 Å². The highest BCUT2D eigenvalue weighted by Crippen LogP contribution is 2.19. The Bertz CT molecular complexity index is 860. The average molecular weight is 394 g/mol. The lowest BCUT2D eigenvalue weighted by atomic mass is 10.0. The van der Waals surface area contributed by atoms with Gasteiger partial charge in [-0.15, -0.1) is 0 Å². The van der Waals surface area contributed by atoms with Crippen LogP contribution in [0.3, 0.4) is 0 Å². The third kappa shape index (κ3) is 6.07. The fourth-order valence-corrected chi connectivity index (χ4v) is 3.59. The third-order valence-corrected chi connectivity index (χ3v) is 5.71. The molecular weight excluding hydrogens is 366 g/mol. The van der Waals surface area contributed by atoms with E-state index < -0.39 is 15.4 Å². The number of aliphatic imine (C=N–C) groups is 1. The van der Waals surface area contributed by atoms with E-state index in [1.165, 1.54) is 0 Å². The first kappa shape index (κ1) is 20.9. The zero-order chi connectivity index (χ0) is 19.9. The van der Waals surface area contributed by atoms with Crippen molar-refractivity contribution in [1.29, 1.82) is 0 Å².